The topological polar surface area (TPSA) is 60.2 Å². The van der Waals surface area contributed by atoms with Crippen molar-refractivity contribution in [1.82, 2.24) is 0 Å². The van der Waals surface area contributed by atoms with Gasteiger partial charge in [0.1, 0.15) is 0 Å². The molecule has 0 radical (unpaired) electrons. The number of benzene rings is 2. The largest absolute Gasteiger partial charge is 0.295 e. The van der Waals surface area contributed by atoms with Gasteiger partial charge in [-0.05, 0) is 36.1 Å². The number of ketones is 1. The Hall–Kier alpha value is -3.01. The fourth-order valence-electron chi connectivity index (χ4n) is 4.35. The Balaban J connectivity index is 2.29. The van der Waals surface area contributed by atoms with Gasteiger partial charge >= 0.3 is 0 Å². The van der Waals surface area contributed by atoms with Crippen molar-refractivity contribution >= 4 is 11.9 Å². The van der Waals surface area contributed by atoms with Crippen LogP contribution < -0.4 is 0 Å². The first-order chi connectivity index (χ1) is 13.4. The summed E-state index contributed by atoms with van der Waals surface area (Å²) in [6.45, 7) is 5.28. The van der Waals surface area contributed by atoms with Crippen molar-refractivity contribution in [3.05, 3.63) is 98.6 Å². The molecule has 2 atom stereocenters. The lowest BCUT2D eigenvalue weighted by Gasteiger charge is -2.39. The van der Waals surface area contributed by atoms with Gasteiger partial charge in [-0.1, -0.05) is 73.7 Å². The normalized spacial score (nSPS) is 23.7. The second-order valence-corrected chi connectivity index (χ2v) is 7.41. The maximum atomic E-state index is 12.7. The Labute approximate surface area is 165 Å². The van der Waals surface area contributed by atoms with Crippen LogP contribution in [0.4, 0.5) is 0 Å². The van der Waals surface area contributed by atoms with E-state index in [0.717, 1.165) is 22.3 Å². The van der Waals surface area contributed by atoms with Crippen LogP contribution in [0, 0.1) is 10.1 Å². The van der Waals surface area contributed by atoms with Crippen LogP contribution in [0.1, 0.15) is 50.7 Å². The van der Waals surface area contributed by atoms with Crippen molar-refractivity contribution in [2.45, 2.75) is 45.1 Å². The van der Waals surface area contributed by atoms with Gasteiger partial charge in [-0.3, -0.25) is 14.9 Å². The molecule has 4 nitrogen and oxygen atoms in total. The van der Waals surface area contributed by atoms with Crippen LogP contribution in [0.5, 0.6) is 0 Å². The summed E-state index contributed by atoms with van der Waals surface area (Å²) in [5, 5.41) is 12.4. The second kappa shape index (κ2) is 7.93. The third-order valence-electron chi connectivity index (χ3n) is 5.84. The first-order valence-electron chi connectivity index (χ1n) is 9.58. The van der Waals surface area contributed by atoms with Crippen LogP contribution in [0.3, 0.4) is 0 Å². The minimum Gasteiger partial charge on any atom is -0.295 e. The second-order valence-electron chi connectivity index (χ2n) is 7.41. The molecule has 0 spiro atoms. The average Bonchev–Trinajstić information content (AvgIpc) is 2.70. The molecular weight excluding hydrogens is 350 g/mol. The number of hydrogen-bond acceptors (Lipinski definition) is 3. The predicted octanol–water partition coefficient (Wildman–Crippen LogP) is 5.59. The summed E-state index contributed by atoms with van der Waals surface area (Å²) in [5.74, 6) is -0.663. The molecule has 0 aliphatic heterocycles. The first kappa shape index (κ1) is 19.7. The van der Waals surface area contributed by atoms with Crippen molar-refractivity contribution in [2.75, 3.05) is 0 Å². The van der Waals surface area contributed by atoms with E-state index in [0.29, 0.717) is 18.4 Å². The Kier molecular flexibility index (Phi) is 5.59. The molecule has 2 unspecified atom stereocenters. The van der Waals surface area contributed by atoms with Gasteiger partial charge in [0.15, 0.2) is 5.78 Å². The molecule has 28 heavy (non-hydrogen) atoms. The monoisotopic (exact) mass is 375 g/mol. The van der Waals surface area contributed by atoms with E-state index in [1.54, 1.807) is 0 Å². The van der Waals surface area contributed by atoms with Crippen LogP contribution >= 0.6 is 0 Å². The van der Waals surface area contributed by atoms with Crippen LogP contribution in [-0.2, 0) is 4.79 Å². The standard InChI is InChI=1S/C24H25NO3/c1-4-24(25(27)28)16-21(15-19-11-7-5-8-12-19)17(2)22(18(3)26)23(24)20-13-9-6-10-14-20/h5-15,23H,4,16H2,1-3H3/b21-15-. The van der Waals surface area contributed by atoms with Crippen LogP contribution in [-0.4, -0.2) is 16.2 Å². The lowest BCUT2D eigenvalue weighted by atomic mass is 9.63. The summed E-state index contributed by atoms with van der Waals surface area (Å²) in [5.41, 5.74) is 2.83. The fraction of sp³-hybridized carbons (Fsp3) is 0.292. The predicted molar refractivity (Wildman–Crippen MR) is 112 cm³/mol. The Morgan fingerprint density at radius 1 is 1.14 bits per heavy atom. The third-order valence-corrected chi connectivity index (χ3v) is 5.84. The van der Waals surface area contributed by atoms with Crippen molar-refractivity contribution in [3.63, 3.8) is 0 Å². The van der Waals surface area contributed by atoms with Crippen molar-refractivity contribution < 1.29 is 9.72 Å². The molecule has 0 fully saturated rings. The van der Waals surface area contributed by atoms with E-state index in [2.05, 4.69) is 0 Å². The van der Waals surface area contributed by atoms with Gasteiger partial charge in [-0.15, -0.1) is 0 Å². The molecule has 0 aromatic heterocycles. The summed E-state index contributed by atoms with van der Waals surface area (Å²) in [6.07, 6.45) is 2.62. The summed E-state index contributed by atoms with van der Waals surface area (Å²) in [4.78, 5) is 25.0. The van der Waals surface area contributed by atoms with Crippen LogP contribution in [0.25, 0.3) is 6.08 Å². The minimum atomic E-state index is -1.25. The van der Waals surface area contributed by atoms with Crippen LogP contribution in [0.15, 0.2) is 77.4 Å². The highest BCUT2D eigenvalue weighted by atomic mass is 16.6. The molecule has 0 bridgehead atoms. The van der Waals surface area contributed by atoms with Crippen molar-refractivity contribution in [2.24, 2.45) is 0 Å². The molecule has 1 aliphatic rings. The van der Waals surface area contributed by atoms with E-state index in [9.17, 15) is 14.9 Å². The number of carbonyl (C=O) groups is 1. The maximum absolute atomic E-state index is 12.7. The minimum absolute atomic E-state index is 0.107. The van der Waals surface area contributed by atoms with Crippen molar-refractivity contribution in [3.8, 4) is 0 Å². The molecule has 2 aromatic rings. The fourth-order valence-corrected chi connectivity index (χ4v) is 4.35. The molecule has 0 heterocycles. The Bertz CT molecular complexity index is 944. The lowest BCUT2D eigenvalue weighted by molar-refractivity contribution is -0.574. The van der Waals surface area contributed by atoms with E-state index in [4.69, 9.17) is 0 Å². The van der Waals surface area contributed by atoms with Gasteiger partial charge in [0.2, 0.25) is 5.54 Å². The highest BCUT2D eigenvalue weighted by molar-refractivity contribution is 5.97. The maximum Gasteiger partial charge on any atom is 0.236 e. The molecule has 4 heteroatoms. The lowest BCUT2D eigenvalue weighted by Crippen LogP contribution is -2.48. The van der Waals surface area contributed by atoms with E-state index >= 15 is 0 Å². The average molecular weight is 375 g/mol. The van der Waals surface area contributed by atoms with E-state index in [1.807, 2.05) is 80.6 Å². The first-order valence-corrected chi connectivity index (χ1v) is 9.58. The van der Waals surface area contributed by atoms with E-state index < -0.39 is 11.5 Å². The van der Waals surface area contributed by atoms with E-state index in [-0.39, 0.29) is 10.7 Å². The zero-order valence-corrected chi connectivity index (χ0v) is 16.5. The number of Topliss-reactive ketones (excluding diaryl/α,β-unsaturated/α-hetero) is 1. The van der Waals surface area contributed by atoms with E-state index in [1.165, 1.54) is 6.92 Å². The summed E-state index contributed by atoms with van der Waals surface area (Å²) in [6, 6.07) is 19.2. The quantitative estimate of drug-likeness (QED) is 0.506. The zero-order valence-electron chi connectivity index (χ0n) is 16.5. The molecule has 144 valence electrons. The zero-order chi connectivity index (χ0) is 20.3. The molecule has 0 amide bonds. The Morgan fingerprint density at radius 2 is 1.71 bits per heavy atom. The molecule has 0 saturated carbocycles. The highest BCUT2D eigenvalue weighted by Gasteiger charge is 2.55. The molecule has 2 aromatic carbocycles. The van der Waals surface area contributed by atoms with Gasteiger partial charge in [0.25, 0.3) is 0 Å². The van der Waals surface area contributed by atoms with Gasteiger partial charge in [0.05, 0.1) is 5.92 Å². The number of hydrogen-bond donors (Lipinski definition) is 0. The molecule has 0 N–H and O–H groups in total. The highest BCUT2D eigenvalue weighted by Crippen LogP contribution is 2.50. The van der Waals surface area contributed by atoms with Gasteiger partial charge in [0, 0.05) is 23.3 Å². The number of nitro groups is 1. The molecular formula is C24H25NO3. The van der Waals surface area contributed by atoms with Gasteiger partial charge < -0.3 is 0 Å². The van der Waals surface area contributed by atoms with Gasteiger partial charge in [-0.25, -0.2) is 0 Å². The third kappa shape index (κ3) is 3.42. The number of carbonyl (C=O) groups excluding carboxylic acids is 1. The number of nitrogens with zero attached hydrogens (tertiary/aromatic N) is 1. The van der Waals surface area contributed by atoms with Crippen LogP contribution in [0.2, 0.25) is 0 Å². The smallest absolute Gasteiger partial charge is 0.236 e. The number of allylic oxidation sites excluding steroid dienone is 1. The van der Waals surface area contributed by atoms with Gasteiger partial charge in [-0.2, -0.15) is 0 Å². The summed E-state index contributed by atoms with van der Waals surface area (Å²) >= 11 is 0. The SMILES string of the molecule is CCC1([N+](=O)[O-])C/C(=C/c2ccccc2)C(C)=C(C(C)=O)C1c1ccccc1. The number of rotatable bonds is 5. The molecule has 0 saturated heterocycles. The summed E-state index contributed by atoms with van der Waals surface area (Å²) in [7, 11) is 0. The molecule has 3 rings (SSSR count). The molecule has 1 aliphatic carbocycles. The Morgan fingerprint density at radius 3 is 2.21 bits per heavy atom. The summed E-state index contributed by atoms with van der Waals surface area (Å²) < 4.78 is 0. The van der Waals surface area contributed by atoms with Crippen molar-refractivity contribution in [1.29, 1.82) is 0 Å².